The van der Waals surface area contributed by atoms with Gasteiger partial charge in [-0.05, 0) is 41.3 Å². The molecule has 0 saturated heterocycles. The van der Waals surface area contributed by atoms with Gasteiger partial charge < -0.3 is 10.4 Å². The summed E-state index contributed by atoms with van der Waals surface area (Å²) in [6, 6.07) is 9.77. The Bertz CT molecular complexity index is 585. The Labute approximate surface area is 124 Å². The number of nitrogens with one attached hydrogen (secondary N) is 1. The number of rotatable bonds is 4. The van der Waals surface area contributed by atoms with E-state index in [-0.39, 0.29) is 12.1 Å². The minimum absolute atomic E-state index is 0.0962. The number of tetrazole rings is 1. The van der Waals surface area contributed by atoms with Crippen LogP contribution in [0.3, 0.4) is 0 Å². The second-order valence-electron chi connectivity index (χ2n) is 6.01. The molecule has 2 unspecified atom stereocenters. The molecule has 1 fully saturated rings. The molecule has 1 aromatic heterocycles. The van der Waals surface area contributed by atoms with Crippen LogP contribution in [0.4, 0.5) is 5.95 Å². The zero-order valence-corrected chi connectivity index (χ0v) is 12.2. The number of aromatic nitrogens is 4. The van der Waals surface area contributed by atoms with Gasteiger partial charge in [0.25, 0.3) is 0 Å². The van der Waals surface area contributed by atoms with Crippen molar-refractivity contribution in [3.8, 4) is 5.69 Å². The van der Waals surface area contributed by atoms with E-state index < -0.39 is 0 Å². The highest BCUT2D eigenvalue weighted by atomic mass is 16.3. The molecule has 2 aromatic rings. The van der Waals surface area contributed by atoms with E-state index in [1.165, 1.54) is 6.42 Å². The second kappa shape index (κ2) is 5.81. The van der Waals surface area contributed by atoms with E-state index in [9.17, 15) is 5.11 Å². The maximum Gasteiger partial charge on any atom is 0.248 e. The van der Waals surface area contributed by atoms with Gasteiger partial charge in [0.15, 0.2) is 0 Å². The van der Waals surface area contributed by atoms with Gasteiger partial charge in [0, 0.05) is 0 Å². The molecule has 2 N–H and O–H groups in total. The molecule has 3 rings (SSSR count). The summed E-state index contributed by atoms with van der Waals surface area (Å²) in [6.45, 7) is 2.32. The monoisotopic (exact) mass is 287 g/mol. The molecule has 21 heavy (non-hydrogen) atoms. The van der Waals surface area contributed by atoms with E-state index >= 15 is 0 Å². The lowest BCUT2D eigenvalue weighted by atomic mass is 9.77. The molecule has 1 saturated carbocycles. The Kier molecular flexibility index (Phi) is 3.88. The number of aliphatic hydroxyl groups excluding tert-OH is 1. The normalized spacial score (nSPS) is 25.7. The Morgan fingerprint density at radius 3 is 2.90 bits per heavy atom. The molecular weight excluding hydrogens is 266 g/mol. The highest BCUT2D eigenvalue weighted by Crippen LogP contribution is 2.34. The van der Waals surface area contributed by atoms with Gasteiger partial charge in [-0.2, -0.15) is 4.68 Å². The van der Waals surface area contributed by atoms with Crippen LogP contribution in [-0.4, -0.2) is 37.5 Å². The van der Waals surface area contributed by atoms with Crippen molar-refractivity contribution in [2.24, 2.45) is 5.92 Å². The van der Waals surface area contributed by atoms with Gasteiger partial charge in [0.2, 0.25) is 5.95 Å². The maximum absolute atomic E-state index is 9.88. The molecule has 0 amide bonds. The van der Waals surface area contributed by atoms with Crippen molar-refractivity contribution in [2.75, 3.05) is 11.9 Å². The third-order valence-corrected chi connectivity index (χ3v) is 4.24. The molecule has 1 aromatic carbocycles. The van der Waals surface area contributed by atoms with E-state index in [4.69, 9.17) is 0 Å². The number of hydrogen-bond acceptors (Lipinski definition) is 5. The molecule has 0 bridgehead atoms. The minimum Gasteiger partial charge on any atom is -0.394 e. The predicted molar refractivity (Wildman–Crippen MR) is 80.2 cm³/mol. The fourth-order valence-corrected chi connectivity index (χ4v) is 3.20. The summed E-state index contributed by atoms with van der Waals surface area (Å²) in [5.41, 5.74) is 0.584. The fourth-order valence-electron chi connectivity index (χ4n) is 3.20. The first-order valence-electron chi connectivity index (χ1n) is 7.45. The summed E-state index contributed by atoms with van der Waals surface area (Å²) in [4.78, 5) is 0. The minimum atomic E-state index is -0.321. The quantitative estimate of drug-likeness (QED) is 0.899. The highest BCUT2D eigenvalue weighted by molar-refractivity contribution is 5.40. The number of benzene rings is 1. The average Bonchev–Trinajstić information content (AvgIpc) is 2.96. The standard InChI is InChI=1S/C15H21N5O/c1-12-6-5-9-15(10-12,11-21)16-14-17-18-19-20(14)13-7-3-2-4-8-13/h2-4,7-8,12,21H,5-6,9-11H2,1H3,(H,16,17,19). The Balaban J connectivity index is 1.86. The van der Waals surface area contributed by atoms with Crippen molar-refractivity contribution >= 4 is 5.95 Å². The Morgan fingerprint density at radius 2 is 2.19 bits per heavy atom. The van der Waals surface area contributed by atoms with Gasteiger partial charge in [-0.15, -0.1) is 0 Å². The van der Waals surface area contributed by atoms with Crippen LogP contribution < -0.4 is 5.32 Å². The zero-order valence-electron chi connectivity index (χ0n) is 12.2. The SMILES string of the molecule is CC1CCCC(CO)(Nc2nnnn2-c2ccccc2)C1. The van der Waals surface area contributed by atoms with E-state index in [0.29, 0.717) is 11.9 Å². The zero-order chi connectivity index (χ0) is 14.7. The van der Waals surface area contributed by atoms with Crippen LogP contribution in [0.15, 0.2) is 30.3 Å². The van der Waals surface area contributed by atoms with Gasteiger partial charge in [0.05, 0.1) is 17.8 Å². The van der Waals surface area contributed by atoms with Crippen LogP contribution in [0.1, 0.15) is 32.6 Å². The average molecular weight is 287 g/mol. The molecule has 1 heterocycles. The van der Waals surface area contributed by atoms with Crippen molar-refractivity contribution in [1.82, 2.24) is 20.2 Å². The topological polar surface area (TPSA) is 75.9 Å². The van der Waals surface area contributed by atoms with Crippen LogP contribution in [0.2, 0.25) is 0 Å². The van der Waals surface area contributed by atoms with Crippen LogP contribution in [-0.2, 0) is 0 Å². The Hall–Kier alpha value is -1.95. The van der Waals surface area contributed by atoms with Gasteiger partial charge in [-0.3, -0.25) is 0 Å². The summed E-state index contributed by atoms with van der Waals surface area (Å²) in [6.07, 6.45) is 4.20. The smallest absolute Gasteiger partial charge is 0.248 e. The lowest BCUT2D eigenvalue weighted by Gasteiger charge is -2.39. The molecule has 6 nitrogen and oxygen atoms in total. The lowest BCUT2D eigenvalue weighted by molar-refractivity contribution is 0.148. The second-order valence-corrected chi connectivity index (χ2v) is 6.01. The van der Waals surface area contributed by atoms with Gasteiger partial charge in [-0.25, -0.2) is 0 Å². The van der Waals surface area contributed by atoms with Crippen LogP contribution >= 0.6 is 0 Å². The number of anilines is 1. The summed E-state index contributed by atoms with van der Waals surface area (Å²) in [7, 11) is 0. The molecule has 0 radical (unpaired) electrons. The molecular formula is C15H21N5O. The van der Waals surface area contributed by atoms with Crippen molar-refractivity contribution in [1.29, 1.82) is 0 Å². The third-order valence-electron chi connectivity index (χ3n) is 4.24. The molecule has 1 aliphatic carbocycles. The van der Waals surface area contributed by atoms with Crippen molar-refractivity contribution in [3.05, 3.63) is 30.3 Å². The van der Waals surface area contributed by atoms with Crippen LogP contribution in [0.5, 0.6) is 0 Å². The van der Waals surface area contributed by atoms with Crippen molar-refractivity contribution < 1.29 is 5.11 Å². The molecule has 0 aliphatic heterocycles. The first-order valence-corrected chi connectivity index (χ1v) is 7.45. The summed E-state index contributed by atoms with van der Waals surface area (Å²) in [5, 5.41) is 25.2. The first-order chi connectivity index (χ1) is 10.2. The molecule has 1 aliphatic rings. The van der Waals surface area contributed by atoms with Crippen molar-refractivity contribution in [2.45, 2.75) is 38.1 Å². The van der Waals surface area contributed by atoms with E-state index in [1.807, 2.05) is 30.3 Å². The van der Waals surface area contributed by atoms with E-state index in [1.54, 1.807) is 4.68 Å². The van der Waals surface area contributed by atoms with E-state index in [0.717, 1.165) is 24.9 Å². The third kappa shape index (κ3) is 2.90. The van der Waals surface area contributed by atoms with Crippen LogP contribution in [0.25, 0.3) is 5.69 Å². The highest BCUT2D eigenvalue weighted by Gasteiger charge is 2.35. The molecule has 0 spiro atoms. The number of nitrogens with zero attached hydrogens (tertiary/aromatic N) is 4. The number of hydrogen-bond donors (Lipinski definition) is 2. The van der Waals surface area contributed by atoms with Crippen LogP contribution in [0, 0.1) is 5.92 Å². The van der Waals surface area contributed by atoms with Gasteiger partial charge in [-0.1, -0.05) is 43.1 Å². The number of para-hydroxylation sites is 1. The fraction of sp³-hybridized carbons (Fsp3) is 0.533. The molecule has 112 valence electrons. The first kappa shape index (κ1) is 14.0. The summed E-state index contributed by atoms with van der Waals surface area (Å²) < 4.78 is 1.68. The van der Waals surface area contributed by atoms with Gasteiger partial charge in [0.1, 0.15) is 0 Å². The largest absolute Gasteiger partial charge is 0.394 e. The number of aliphatic hydroxyl groups is 1. The molecule has 6 heteroatoms. The van der Waals surface area contributed by atoms with Gasteiger partial charge >= 0.3 is 0 Å². The maximum atomic E-state index is 9.88. The lowest BCUT2D eigenvalue weighted by Crippen LogP contribution is -2.46. The summed E-state index contributed by atoms with van der Waals surface area (Å²) >= 11 is 0. The van der Waals surface area contributed by atoms with E-state index in [2.05, 4.69) is 27.8 Å². The Morgan fingerprint density at radius 1 is 1.38 bits per heavy atom. The van der Waals surface area contributed by atoms with Crippen molar-refractivity contribution in [3.63, 3.8) is 0 Å². The summed E-state index contributed by atoms with van der Waals surface area (Å²) in [5.74, 6) is 1.18. The predicted octanol–water partition coefficient (Wildman–Crippen LogP) is 2.02. The molecule has 2 atom stereocenters.